The van der Waals surface area contributed by atoms with Crippen LogP contribution < -0.4 is 0 Å². The second-order valence-corrected chi connectivity index (χ2v) is 7.47. The largest absolute Gasteiger partial charge is 0.501 e. The van der Waals surface area contributed by atoms with E-state index in [0.717, 1.165) is 6.42 Å². The van der Waals surface area contributed by atoms with Crippen LogP contribution in [-0.2, 0) is 20.5 Å². The maximum atomic E-state index is 12.0. The van der Waals surface area contributed by atoms with E-state index in [1.165, 1.54) is 10.5 Å². The van der Waals surface area contributed by atoms with E-state index in [0.29, 0.717) is 6.42 Å². The zero-order chi connectivity index (χ0) is 18.0. The highest BCUT2D eigenvalue weighted by molar-refractivity contribution is 6.47. The maximum Gasteiger partial charge on any atom is 0.501 e. The second-order valence-electron chi connectivity index (χ2n) is 7.47. The highest BCUT2D eigenvalue weighted by Crippen LogP contribution is 2.38. The number of hydrogen-bond acceptors (Lipinski definition) is 4. The second kappa shape index (κ2) is 7.15. The summed E-state index contributed by atoms with van der Waals surface area (Å²) < 4.78 is 17.8. The van der Waals surface area contributed by atoms with Crippen LogP contribution >= 0.6 is 0 Å². The van der Waals surface area contributed by atoms with Gasteiger partial charge >= 0.3 is 13.2 Å². The molecule has 1 saturated heterocycles. The molecule has 6 heteroatoms. The van der Waals surface area contributed by atoms with Crippen molar-refractivity contribution in [3.8, 4) is 0 Å². The van der Waals surface area contributed by atoms with Crippen molar-refractivity contribution in [3.05, 3.63) is 35.9 Å². The Bertz CT molecular complexity index is 543. The molecule has 1 aliphatic rings. The minimum absolute atomic E-state index is 0.386. The topological polar surface area (TPSA) is 48.0 Å². The van der Waals surface area contributed by atoms with Crippen LogP contribution in [0.1, 0.15) is 39.7 Å². The average molecular weight is 333 g/mol. The van der Waals surface area contributed by atoms with Crippen LogP contribution in [0, 0.1) is 0 Å². The summed E-state index contributed by atoms with van der Waals surface area (Å²) in [5, 5.41) is 0. The van der Waals surface area contributed by atoms with Crippen molar-refractivity contribution >= 4 is 13.2 Å². The summed E-state index contributed by atoms with van der Waals surface area (Å²) in [7, 11) is 2.77. The average Bonchev–Trinajstić information content (AvgIpc) is 2.72. The Morgan fingerprint density at radius 3 is 2.17 bits per heavy atom. The molecule has 0 aliphatic carbocycles. The normalized spacial score (nSPS) is 19.8. The standard InChI is InChI=1S/C18H28BNO4/c1-17(2)18(3,4)24-19(23-17)15(22-16(21)20(5)6)13-12-14-10-8-7-9-11-14/h7-11,15H,12-13H2,1-6H3. The van der Waals surface area contributed by atoms with Gasteiger partial charge in [0.1, 0.15) is 6.00 Å². The summed E-state index contributed by atoms with van der Waals surface area (Å²) in [6.45, 7) is 7.98. The molecule has 1 aromatic carbocycles. The molecule has 2 rings (SSSR count). The molecule has 0 spiro atoms. The van der Waals surface area contributed by atoms with Gasteiger partial charge in [-0.15, -0.1) is 0 Å². The molecule has 132 valence electrons. The van der Waals surface area contributed by atoms with E-state index < -0.39 is 24.3 Å². The van der Waals surface area contributed by atoms with Crippen LogP contribution in [0.25, 0.3) is 0 Å². The lowest BCUT2D eigenvalue weighted by atomic mass is 9.77. The monoisotopic (exact) mass is 333 g/mol. The van der Waals surface area contributed by atoms with E-state index in [4.69, 9.17) is 14.0 Å². The molecule has 1 amide bonds. The first-order valence-corrected chi connectivity index (χ1v) is 8.40. The van der Waals surface area contributed by atoms with Gasteiger partial charge in [-0.25, -0.2) is 4.79 Å². The minimum atomic E-state index is -0.567. The number of nitrogens with zero attached hydrogens (tertiary/aromatic N) is 1. The number of rotatable bonds is 5. The molecule has 0 saturated carbocycles. The quantitative estimate of drug-likeness (QED) is 0.776. The Morgan fingerprint density at radius 1 is 1.12 bits per heavy atom. The summed E-state index contributed by atoms with van der Waals surface area (Å²) in [6.07, 6.45) is 1.04. The minimum Gasteiger partial charge on any atom is -0.449 e. The van der Waals surface area contributed by atoms with Crippen LogP contribution in [0.15, 0.2) is 30.3 Å². The molecule has 1 aromatic rings. The van der Waals surface area contributed by atoms with Crippen molar-refractivity contribution in [2.75, 3.05) is 14.1 Å². The van der Waals surface area contributed by atoms with E-state index in [-0.39, 0.29) is 6.09 Å². The summed E-state index contributed by atoms with van der Waals surface area (Å²) >= 11 is 0. The van der Waals surface area contributed by atoms with Gasteiger partial charge in [-0.1, -0.05) is 30.3 Å². The molecule has 1 unspecified atom stereocenters. The Morgan fingerprint density at radius 2 is 1.67 bits per heavy atom. The highest BCUT2D eigenvalue weighted by Gasteiger charge is 2.54. The molecule has 0 bridgehead atoms. The predicted molar refractivity (Wildman–Crippen MR) is 94.8 cm³/mol. The van der Waals surface area contributed by atoms with Gasteiger partial charge in [0, 0.05) is 14.1 Å². The van der Waals surface area contributed by atoms with E-state index in [1.807, 2.05) is 45.9 Å². The van der Waals surface area contributed by atoms with Gasteiger partial charge < -0.3 is 18.9 Å². The lowest BCUT2D eigenvalue weighted by molar-refractivity contribution is 0.00578. The van der Waals surface area contributed by atoms with Gasteiger partial charge in [-0.3, -0.25) is 0 Å². The highest BCUT2D eigenvalue weighted by atomic mass is 16.7. The predicted octanol–water partition coefficient (Wildman–Crippen LogP) is 3.32. The first-order chi connectivity index (χ1) is 11.1. The van der Waals surface area contributed by atoms with Gasteiger partial charge in [-0.05, 0) is 46.1 Å². The number of carbonyl (C=O) groups excluding carboxylic acids is 1. The molecule has 1 atom stereocenters. The third kappa shape index (κ3) is 4.30. The fourth-order valence-corrected chi connectivity index (χ4v) is 2.48. The number of ether oxygens (including phenoxy) is 1. The smallest absolute Gasteiger partial charge is 0.449 e. The van der Waals surface area contributed by atoms with Gasteiger partial charge in [0.05, 0.1) is 11.2 Å². The van der Waals surface area contributed by atoms with Crippen LogP contribution in [0.2, 0.25) is 0 Å². The van der Waals surface area contributed by atoms with Crippen LogP contribution in [-0.4, -0.2) is 49.4 Å². The number of amides is 1. The molecule has 24 heavy (non-hydrogen) atoms. The lowest BCUT2D eigenvalue weighted by Crippen LogP contribution is -2.41. The number of aryl methyl sites for hydroxylation is 1. The summed E-state index contributed by atoms with van der Waals surface area (Å²) in [5.41, 5.74) is 0.292. The van der Waals surface area contributed by atoms with Gasteiger partial charge in [0.2, 0.25) is 0 Å². The number of benzene rings is 1. The molecular formula is C18H28BNO4. The van der Waals surface area contributed by atoms with Crippen molar-refractivity contribution in [2.45, 2.75) is 57.7 Å². The Balaban J connectivity index is 2.10. The van der Waals surface area contributed by atoms with Crippen LogP contribution in [0.4, 0.5) is 4.79 Å². The third-order valence-corrected chi connectivity index (χ3v) is 4.75. The zero-order valence-corrected chi connectivity index (χ0v) is 15.5. The third-order valence-electron chi connectivity index (χ3n) is 4.75. The van der Waals surface area contributed by atoms with E-state index >= 15 is 0 Å². The van der Waals surface area contributed by atoms with Gasteiger partial charge in [0.25, 0.3) is 0 Å². The first kappa shape index (κ1) is 18.8. The Labute approximate surface area is 145 Å². The molecule has 0 radical (unpaired) electrons. The summed E-state index contributed by atoms with van der Waals surface area (Å²) in [4.78, 5) is 13.5. The molecular weight excluding hydrogens is 305 g/mol. The molecule has 5 nitrogen and oxygen atoms in total. The van der Waals surface area contributed by atoms with Crippen molar-refractivity contribution in [1.29, 1.82) is 0 Å². The van der Waals surface area contributed by atoms with Crippen LogP contribution in [0.5, 0.6) is 0 Å². The van der Waals surface area contributed by atoms with Crippen LogP contribution in [0.3, 0.4) is 0 Å². The molecule has 0 aromatic heterocycles. The van der Waals surface area contributed by atoms with Crippen molar-refractivity contribution in [1.82, 2.24) is 4.90 Å². The fourth-order valence-electron chi connectivity index (χ4n) is 2.48. The van der Waals surface area contributed by atoms with Crippen molar-refractivity contribution in [3.63, 3.8) is 0 Å². The Kier molecular flexibility index (Phi) is 5.61. The number of hydrogen-bond donors (Lipinski definition) is 0. The first-order valence-electron chi connectivity index (χ1n) is 8.40. The summed E-state index contributed by atoms with van der Waals surface area (Å²) in [6, 6.07) is 9.67. The van der Waals surface area contributed by atoms with Gasteiger partial charge in [0.15, 0.2) is 0 Å². The molecule has 1 aliphatic heterocycles. The van der Waals surface area contributed by atoms with Crippen molar-refractivity contribution < 1.29 is 18.8 Å². The lowest BCUT2D eigenvalue weighted by Gasteiger charge is -2.32. The van der Waals surface area contributed by atoms with Crippen molar-refractivity contribution in [2.24, 2.45) is 0 Å². The zero-order valence-electron chi connectivity index (χ0n) is 15.5. The SMILES string of the molecule is CN(C)C(=O)OC(CCc1ccccc1)B1OC(C)(C)C(C)(C)O1. The van der Waals surface area contributed by atoms with E-state index in [1.54, 1.807) is 14.1 Å². The van der Waals surface area contributed by atoms with E-state index in [2.05, 4.69) is 12.1 Å². The summed E-state index contributed by atoms with van der Waals surface area (Å²) in [5.74, 6) is 0. The maximum absolute atomic E-state index is 12.0. The molecule has 1 heterocycles. The number of carbonyl (C=O) groups is 1. The van der Waals surface area contributed by atoms with Gasteiger partial charge in [-0.2, -0.15) is 0 Å². The Hall–Kier alpha value is -1.53. The molecule has 0 N–H and O–H groups in total. The molecule has 1 fully saturated rings. The fraction of sp³-hybridized carbons (Fsp3) is 0.611. The van der Waals surface area contributed by atoms with E-state index in [9.17, 15) is 4.79 Å².